The van der Waals surface area contributed by atoms with Crippen molar-refractivity contribution in [2.24, 2.45) is 0 Å². The molecule has 4 rings (SSSR count). The lowest BCUT2D eigenvalue weighted by atomic mass is 10.1. The van der Waals surface area contributed by atoms with Gasteiger partial charge in [-0.15, -0.1) is 0 Å². The number of fused-ring (bicyclic) bond motifs is 1. The Kier molecular flexibility index (Phi) is 5.70. The lowest BCUT2D eigenvalue weighted by Gasteiger charge is -2.36. The second kappa shape index (κ2) is 8.33. The lowest BCUT2D eigenvalue weighted by Crippen LogP contribution is -2.50. The van der Waals surface area contributed by atoms with E-state index in [9.17, 15) is 17.6 Å². The Morgan fingerprint density at radius 2 is 1.62 bits per heavy atom. The van der Waals surface area contributed by atoms with Gasteiger partial charge in [0, 0.05) is 28.8 Å². The molecule has 0 fully saturated rings. The zero-order valence-electron chi connectivity index (χ0n) is 17.1. The maximum Gasteiger partial charge on any atom is 0.343 e. The number of anilines is 2. The summed E-state index contributed by atoms with van der Waals surface area (Å²) in [6, 6.07) is 13.7. The third-order valence-corrected chi connectivity index (χ3v) is 7.13. The quantitative estimate of drug-likeness (QED) is 0.527. The molecule has 166 valence electrons. The maximum absolute atomic E-state index is 14.5. The monoisotopic (exact) mass is 476 g/mol. The molecule has 1 aliphatic rings. The zero-order valence-corrected chi connectivity index (χ0v) is 18.7. The van der Waals surface area contributed by atoms with Crippen molar-refractivity contribution in [1.82, 2.24) is 0 Å². The number of amides is 2. The number of carbonyl (C=O) groups is 1. The molecule has 0 N–H and O–H groups in total. The molecule has 0 saturated carbocycles. The van der Waals surface area contributed by atoms with Gasteiger partial charge in [0.05, 0.1) is 32.1 Å². The van der Waals surface area contributed by atoms with Crippen molar-refractivity contribution in [3.05, 3.63) is 77.1 Å². The van der Waals surface area contributed by atoms with Gasteiger partial charge in [-0.1, -0.05) is 29.8 Å². The molecular formula is C22H18ClFN2O5S. The first-order chi connectivity index (χ1) is 15.3. The van der Waals surface area contributed by atoms with Crippen molar-refractivity contribution in [1.29, 1.82) is 0 Å². The molecule has 7 nitrogen and oxygen atoms in total. The van der Waals surface area contributed by atoms with Crippen LogP contribution in [0, 0.1) is 5.82 Å². The number of halogens is 2. The van der Waals surface area contributed by atoms with E-state index in [1.165, 1.54) is 61.6 Å². The van der Waals surface area contributed by atoms with Crippen LogP contribution in [0.4, 0.5) is 20.6 Å². The first kappa shape index (κ1) is 21.9. The van der Waals surface area contributed by atoms with Gasteiger partial charge >= 0.3 is 6.03 Å². The van der Waals surface area contributed by atoms with Crippen LogP contribution in [0.1, 0.15) is 5.56 Å². The lowest BCUT2D eigenvalue weighted by molar-refractivity contribution is 0.253. The molecule has 0 unspecified atom stereocenters. The number of hydrogen-bond acceptors (Lipinski definition) is 5. The van der Waals surface area contributed by atoms with E-state index in [1.54, 1.807) is 18.2 Å². The normalized spacial score (nSPS) is 14.8. The molecule has 0 atom stereocenters. The van der Waals surface area contributed by atoms with Crippen LogP contribution in [-0.4, -0.2) is 28.7 Å². The number of sulfonamides is 1. The van der Waals surface area contributed by atoms with Gasteiger partial charge in [0.1, 0.15) is 22.2 Å². The highest BCUT2D eigenvalue weighted by Crippen LogP contribution is 2.40. The molecule has 0 radical (unpaired) electrons. The average Bonchev–Trinajstić information content (AvgIpc) is 2.78. The van der Waals surface area contributed by atoms with Crippen molar-refractivity contribution in [2.75, 3.05) is 23.4 Å². The number of carbonyl (C=O) groups excluding carboxylic acids is 1. The summed E-state index contributed by atoms with van der Waals surface area (Å²) in [5, 5.41) is 0.123. The molecule has 1 heterocycles. The molecular weight excluding hydrogens is 459 g/mol. The van der Waals surface area contributed by atoms with Crippen LogP contribution >= 0.6 is 11.6 Å². The highest BCUT2D eigenvalue weighted by Gasteiger charge is 2.43. The minimum Gasteiger partial charge on any atom is -0.497 e. The number of methoxy groups -OCH3 is 2. The molecule has 0 bridgehead atoms. The van der Waals surface area contributed by atoms with Crippen LogP contribution in [0.3, 0.4) is 0 Å². The summed E-state index contributed by atoms with van der Waals surface area (Å²) in [5.41, 5.74) is 0.216. The van der Waals surface area contributed by atoms with Crippen molar-refractivity contribution < 1.29 is 27.1 Å². The summed E-state index contributed by atoms with van der Waals surface area (Å²) in [6.45, 7) is -0.269. The van der Waals surface area contributed by atoms with Crippen molar-refractivity contribution >= 4 is 39.0 Å². The second-order valence-corrected chi connectivity index (χ2v) is 9.04. The Balaban J connectivity index is 1.91. The Morgan fingerprint density at radius 3 is 2.25 bits per heavy atom. The molecule has 0 saturated heterocycles. The fourth-order valence-corrected chi connectivity index (χ4v) is 5.26. The minimum absolute atomic E-state index is 0.0188. The molecule has 2 amide bonds. The summed E-state index contributed by atoms with van der Waals surface area (Å²) >= 11 is 6.17. The largest absolute Gasteiger partial charge is 0.497 e. The minimum atomic E-state index is -4.28. The zero-order chi connectivity index (χ0) is 23.0. The van der Waals surface area contributed by atoms with Crippen LogP contribution in [-0.2, 0) is 16.6 Å². The molecule has 3 aromatic carbocycles. The predicted molar refractivity (Wildman–Crippen MR) is 119 cm³/mol. The number of rotatable bonds is 5. The SMILES string of the molecule is COc1cc(OC)cc(N2C(=O)N(Cc3c(F)cccc3Cl)c3ccccc3S2(=O)=O)c1. The van der Waals surface area contributed by atoms with Gasteiger partial charge in [-0.05, 0) is 24.3 Å². The van der Waals surface area contributed by atoms with Gasteiger partial charge in [-0.25, -0.2) is 17.6 Å². The first-order valence-corrected chi connectivity index (χ1v) is 11.2. The number of benzene rings is 3. The smallest absolute Gasteiger partial charge is 0.343 e. The van der Waals surface area contributed by atoms with Crippen LogP contribution in [0.2, 0.25) is 5.02 Å². The molecule has 10 heteroatoms. The summed E-state index contributed by atoms with van der Waals surface area (Å²) in [6.07, 6.45) is 0. The molecule has 1 aliphatic heterocycles. The molecule has 0 aromatic heterocycles. The number of ether oxygens (including phenoxy) is 2. The van der Waals surface area contributed by atoms with Gasteiger partial charge in [0.15, 0.2) is 0 Å². The van der Waals surface area contributed by atoms with E-state index in [2.05, 4.69) is 0 Å². The topological polar surface area (TPSA) is 76.2 Å². The predicted octanol–water partition coefficient (Wildman–Crippen LogP) is 4.83. The van der Waals surface area contributed by atoms with E-state index in [0.29, 0.717) is 15.8 Å². The Bertz CT molecular complexity index is 1270. The van der Waals surface area contributed by atoms with Gasteiger partial charge in [0.25, 0.3) is 10.0 Å². The number of hydrogen-bond donors (Lipinski definition) is 0. The molecule has 0 spiro atoms. The number of urea groups is 1. The third-order valence-electron chi connectivity index (χ3n) is 5.03. The second-order valence-electron chi connectivity index (χ2n) is 6.88. The van der Waals surface area contributed by atoms with Crippen LogP contribution in [0.5, 0.6) is 11.5 Å². The van der Waals surface area contributed by atoms with Gasteiger partial charge in [-0.2, -0.15) is 4.31 Å². The van der Waals surface area contributed by atoms with Crippen LogP contribution in [0.25, 0.3) is 0 Å². The van der Waals surface area contributed by atoms with E-state index < -0.39 is 21.9 Å². The third kappa shape index (κ3) is 3.63. The highest BCUT2D eigenvalue weighted by atomic mass is 35.5. The van der Waals surface area contributed by atoms with Crippen LogP contribution in [0.15, 0.2) is 65.6 Å². The number of nitrogens with zero attached hydrogens (tertiary/aromatic N) is 2. The average molecular weight is 477 g/mol. The summed E-state index contributed by atoms with van der Waals surface area (Å²) in [7, 11) is -1.46. The van der Waals surface area contributed by atoms with E-state index in [-0.39, 0.29) is 33.4 Å². The first-order valence-electron chi connectivity index (χ1n) is 9.39. The van der Waals surface area contributed by atoms with E-state index >= 15 is 0 Å². The van der Waals surface area contributed by atoms with E-state index in [4.69, 9.17) is 21.1 Å². The van der Waals surface area contributed by atoms with E-state index in [0.717, 1.165) is 0 Å². The molecule has 32 heavy (non-hydrogen) atoms. The summed E-state index contributed by atoms with van der Waals surface area (Å²) in [5.74, 6) is -0.0133. The van der Waals surface area contributed by atoms with Gasteiger partial charge < -0.3 is 9.47 Å². The summed E-state index contributed by atoms with van der Waals surface area (Å²) < 4.78 is 52.5. The fourth-order valence-electron chi connectivity index (χ4n) is 3.47. The Labute approximate surface area is 189 Å². The molecule has 3 aromatic rings. The number of para-hydroxylation sites is 1. The van der Waals surface area contributed by atoms with E-state index in [1.807, 2.05) is 0 Å². The Hall–Kier alpha value is -3.30. The standard InChI is InChI=1S/C22H18ClFN2O5S/c1-30-15-10-14(11-16(12-15)31-2)26-22(27)25(13-17-18(23)6-5-7-19(17)24)20-8-3-4-9-21(20)32(26,28)29/h3-12H,13H2,1-2H3. The maximum atomic E-state index is 14.5. The highest BCUT2D eigenvalue weighted by molar-refractivity contribution is 7.94. The summed E-state index contributed by atoms with van der Waals surface area (Å²) in [4.78, 5) is 14.6. The Morgan fingerprint density at radius 1 is 0.969 bits per heavy atom. The van der Waals surface area contributed by atoms with Gasteiger partial charge in [-0.3, -0.25) is 4.90 Å². The van der Waals surface area contributed by atoms with Crippen molar-refractivity contribution in [2.45, 2.75) is 11.4 Å². The van der Waals surface area contributed by atoms with Crippen LogP contribution < -0.4 is 18.7 Å². The van der Waals surface area contributed by atoms with Crippen molar-refractivity contribution in [3.8, 4) is 11.5 Å². The van der Waals surface area contributed by atoms with Gasteiger partial charge in [0.2, 0.25) is 0 Å². The van der Waals surface area contributed by atoms with Crippen molar-refractivity contribution in [3.63, 3.8) is 0 Å². The fraction of sp³-hybridized carbons (Fsp3) is 0.136. The molecule has 0 aliphatic carbocycles.